The highest BCUT2D eigenvalue weighted by Gasteiger charge is 2.26. The Kier molecular flexibility index (Phi) is 4.25. The van der Waals surface area contributed by atoms with E-state index in [1.807, 2.05) is 0 Å². The molecular weight excluding hydrogens is 297 g/mol. The summed E-state index contributed by atoms with van der Waals surface area (Å²) in [5.74, 6) is -1.01. The number of fused-ring (bicyclic) bond motifs is 1. The Morgan fingerprint density at radius 2 is 2.17 bits per heavy atom. The number of aryl methyl sites for hydroxylation is 1. The van der Waals surface area contributed by atoms with Gasteiger partial charge in [-0.15, -0.1) is 0 Å². The molecule has 1 aromatic heterocycles. The first-order chi connectivity index (χ1) is 11.1. The van der Waals surface area contributed by atoms with Crippen LogP contribution in [0, 0.1) is 5.82 Å². The molecule has 0 saturated carbocycles. The zero-order valence-electron chi connectivity index (χ0n) is 12.8. The minimum atomic E-state index is -0.498. The normalized spacial score (nSPS) is 13.7. The molecule has 1 aliphatic rings. The largest absolute Gasteiger partial charge is 0.364 e. The van der Waals surface area contributed by atoms with Crippen molar-refractivity contribution in [2.75, 3.05) is 12.4 Å². The number of carbonyl (C=O) groups excluding carboxylic acids is 2. The predicted molar refractivity (Wildman–Crippen MR) is 85.2 cm³/mol. The van der Waals surface area contributed by atoms with Crippen LogP contribution in [0.3, 0.4) is 0 Å². The SMILES string of the molecule is CNCc1ccc(NC(=O)c2c[nH]c3c2C(=O)CCC3)c(F)c1. The van der Waals surface area contributed by atoms with Crippen molar-refractivity contribution in [3.05, 3.63) is 52.6 Å². The smallest absolute Gasteiger partial charge is 0.258 e. The average molecular weight is 315 g/mol. The van der Waals surface area contributed by atoms with E-state index < -0.39 is 11.7 Å². The first-order valence-electron chi connectivity index (χ1n) is 7.58. The van der Waals surface area contributed by atoms with E-state index in [1.54, 1.807) is 13.1 Å². The maximum Gasteiger partial charge on any atom is 0.258 e. The van der Waals surface area contributed by atoms with E-state index in [-0.39, 0.29) is 17.0 Å². The third-order valence-corrected chi connectivity index (χ3v) is 3.98. The van der Waals surface area contributed by atoms with Gasteiger partial charge in [0.15, 0.2) is 5.78 Å². The van der Waals surface area contributed by atoms with Crippen LogP contribution in [0.2, 0.25) is 0 Å². The average Bonchev–Trinajstić information content (AvgIpc) is 2.96. The Morgan fingerprint density at radius 3 is 2.91 bits per heavy atom. The number of benzene rings is 1. The van der Waals surface area contributed by atoms with Gasteiger partial charge in [0, 0.05) is 24.9 Å². The predicted octanol–water partition coefficient (Wildman–Crippen LogP) is 2.64. The number of Topliss-reactive ketones (excluding diaryl/α,β-unsaturated/α-hetero) is 1. The lowest BCUT2D eigenvalue weighted by Crippen LogP contribution is -2.18. The van der Waals surface area contributed by atoms with Gasteiger partial charge in [0.05, 0.1) is 16.8 Å². The molecule has 120 valence electrons. The van der Waals surface area contributed by atoms with E-state index in [9.17, 15) is 14.0 Å². The molecular formula is C17H18FN3O2. The molecule has 0 fully saturated rings. The van der Waals surface area contributed by atoms with Crippen LogP contribution < -0.4 is 10.6 Å². The second kappa shape index (κ2) is 6.34. The number of carbonyl (C=O) groups is 2. The number of H-pyrrole nitrogens is 1. The summed E-state index contributed by atoms with van der Waals surface area (Å²) in [4.78, 5) is 27.4. The van der Waals surface area contributed by atoms with Gasteiger partial charge in [0.2, 0.25) is 0 Å². The number of amides is 1. The van der Waals surface area contributed by atoms with Crippen molar-refractivity contribution in [1.82, 2.24) is 10.3 Å². The van der Waals surface area contributed by atoms with Crippen LogP contribution in [0.5, 0.6) is 0 Å². The molecule has 0 atom stereocenters. The standard InChI is InChI=1S/C17H18FN3O2/c1-19-8-10-5-6-13(12(18)7-10)21-17(23)11-9-20-14-3-2-4-15(22)16(11)14/h5-7,9,19-20H,2-4,8H2,1H3,(H,21,23). The monoisotopic (exact) mass is 315 g/mol. The number of aromatic nitrogens is 1. The summed E-state index contributed by atoms with van der Waals surface area (Å²) in [7, 11) is 1.78. The van der Waals surface area contributed by atoms with Crippen molar-refractivity contribution in [2.45, 2.75) is 25.8 Å². The van der Waals surface area contributed by atoms with Crippen molar-refractivity contribution in [2.24, 2.45) is 0 Å². The number of halogens is 1. The molecule has 2 aromatic rings. The highest BCUT2D eigenvalue weighted by Crippen LogP contribution is 2.25. The molecule has 3 rings (SSSR count). The van der Waals surface area contributed by atoms with Gasteiger partial charge < -0.3 is 15.6 Å². The van der Waals surface area contributed by atoms with Crippen molar-refractivity contribution in [3.63, 3.8) is 0 Å². The van der Waals surface area contributed by atoms with Gasteiger partial charge in [0.1, 0.15) is 5.82 Å². The van der Waals surface area contributed by atoms with Gasteiger partial charge in [-0.3, -0.25) is 9.59 Å². The first kappa shape index (κ1) is 15.4. The lowest BCUT2D eigenvalue weighted by molar-refractivity contribution is 0.0956. The van der Waals surface area contributed by atoms with Gasteiger partial charge in [-0.25, -0.2) is 4.39 Å². The van der Waals surface area contributed by atoms with Crippen molar-refractivity contribution >= 4 is 17.4 Å². The molecule has 5 nitrogen and oxygen atoms in total. The van der Waals surface area contributed by atoms with E-state index in [0.717, 1.165) is 24.1 Å². The Labute approximate surface area is 133 Å². The number of nitrogens with one attached hydrogen (secondary N) is 3. The topological polar surface area (TPSA) is 74.0 Å². The van der Waals surface area contributed by atoms with E-state index in [4.69, 9.17) is 0 Å². The van der Waals surface area contributed by atoms with Crippen LogP contribution in [0.1, 0.15) is 44.8 Å². The second-order valence-electron chi connectivity index (χ2n) is 5.63. The number of ketones is 1. The summed E-state index contributed by atoms with van der Waals surface area (Å²) in [5, 5.41) is 5.48. The molecule has 0 radical (unpaired) electrons. The van der Waals surface area contributed by atoms with E-state index in [2.05, 4.69) is 15.6 Å². The number of rotatable bonds is 4. The fourth-order valence-electron chi connectivity index (χ4n) is 2.88. The maximum absolute atomic E-state index is 14.1. The highest BCUT2D eigenvalue weighted by atomic mass is 19.1. The van der Waals surface area contributed by atoms with Crippen LogP contribution >= 0.6 is 0 Å². The van der Waals surface area contributed by atoms with E-state index >= 15 is 0 Å². The summed E-state index contributed by atoms with van der Waals surface area (Å²) in [6.07, 6.45) is 3.51. The quantitative estimate of drug-likeness (QED) is 0.812. The lowest BCUT2D eigenvalue weighted by Gasteiger charge is -2.12. The summed E-state index contributed by atoms with van der Waals surface area (Å²) in [6.45, 7) is 0.547. The van der Waals surface area contributed by atoms with E-state index in [1.165, 1.54) is 18.3 Å². The Balaban J connectivity index is 1.83. The molecule has 0 aliphatic heterocycles. The minimum Gasteiger partial charge on any atom is -0.364 e. The third-order valence-electron chi connectivity index (χ3n) is 3.98. The molecule has 0 bridgehead atoms. The molecule has 0 unspecified atom stereocenters. The fraction of sp³-hybridized carbons (Fsp3) is 0.294. The maximum atomic E-state index is 14.1. The van der Waals surface area contributed by atoms with Crippen LogP contribution in [0.15, 0.2) is 24.4 Å². The summed E-state index contributed by atoms with van der Waals surface area (Å²) in [6, 6.07) is 4.65. The number of aromatic amines is 1. The van der Waals surface area contributed by atoms with Gasteiger partial charge in [-0.2, -0.15) is 0 Å². The number of hydrogen-bond acceptors (Lipinski definition) is 3. The molecule has 0 saturated heterocycles. The van der Waals surface area contributed by atoms with Gasteiger partial charge in [-0.05, 0) is 37.6 Å². The minimum absolute atomic E-state index is 0.0394. The Morgan fingerprint density at radius 1 is 1.35 bits per heavy atom. The van der Waals surface area contributed by atoms with Gasteiger partial charge >= 0.3 is 0 Å². The zero-order chi connectivity index (χ0) is 16.4. The van der Waals surface area contributed by atoms with Crippen molar-refractivity contribution < 1.29 is 14.0 Å². The number of anilines is 1. The van der Waals surface area contributed by atoms with Crippen LogP contribution in [-0.2, 0) is 13.0 Å². The highest BCUT2D eigenvalue weighted by molar-refractivity contribution is 6.13. The molecule has 1 amide bonds. The zero-order valence-corrected chi connectivity index (χ0v) is 12.8. The molecule has 1 heterocycles. The van der Waals surface area contributed by atoms with Crippen molar-refractivity contribution in [3.8, 4) is 0 Å². The summed E-state index contributed by atoms with van der Waals surface area (Å²) >= 11 is 0. The first-order valence-corrected chi connectivity index (χ1v) is 7.58. The molecule has 3 N–H and O–H groups in total. The van der Waals surface area contributed by atoms with Gasteiger partial charge in [-0.1, -0.05) is 6.07 Å². The van der Waals surface area contributed by atoms with E-state index in [0.29, 0.717) is 18.5 Å². The Hall–Kier alpha value is -2.47. The summed E-state index contributed by atoms with van der Waals surface area (Å²) in [5.41, 5.74) is 2.41. The molecule has 23 heavy (non-hydrogen) atoms. The van der Waals surface area contributed by atoms with Crippen LogP contribution in [0.25, 0.3) is 0 Å². The summed E-state index contributed by atoms with van der Waals surface area (Å²) < 4.78 is 14.1. The molecule has 0 spiro atoms. The van der Waals surface area contributed by atoms with Gasteiger partial charge in [0.25, 0.3) is 5.91 Å². The third kappa shape index (κ3) is 3.03. The fourth-order valence-corrected chi connectivity index (χ4v) is 2.88. The van der Waals surface area contributed by atoms with Crippen molar-refractivity contribution in [1.29, 1.82) is 0 Å². The number of hydrogen-bond donors (Lipinski definition) is 3. The van der Waals surface area contributed by atoms with Crippen LogP contribution in [0.4, 0.5) is 10.1 Å². The van der Waals surface area contributed by atoms with Crippen LogP contribution in [-0.4, -0.2) is 23.7 Å². The lowest BCUT2D eigenvalue weighted by atomic mass is 9.93. The Bertz CT molecular complexity index is 767. The molecule has 6 heteroatoms. The molecule has 1 aromatic carbocycles. The second-order valence-corrected chi connectivity index (χ2v) is 5.63. The molecule has 1 aliphatic carbocycles.